The standard InChI is InChI=1S/C16H17BrN2O2/c1-11(9-15(20)12-5-3-2-4-6-12)19-16(21)14-8-7-13(17)10-18-14/h2-8,10-11,15,20H,9H2,1H3,(H,19,21). The van der Waals surface area contributed by atoms with Gasteiger partial charge in [0.05, 0.1) is 6.10 Å². The highest BCUT2D eigenvalue weighted by atomic mass is 79.9. The molecular weight excluding hydrogens is 332 g/mol. The number of nitrogens with zero attached hydrogens (tertiary/aromatic N) is 1. The van der Waals surface area contributed by atoms with Crippen LogP contribution < -0.4 is 5.32 Å². The number of aromatic nitrogens is 1. The fourth-order valence-electron chi connectivity index (χ4n) is 2.01. The van der Waals surface area contributed by atoms with Gasteiger partial charge in [0.2, 0.25) is 0 Å². The van der Waals surface area contributed by atoms with Gasteiger partial charge in [0, 0.05) is 16.7 Å². The Balaban J connectivity index is 1.91. The van der Waals surface area contributed by atoms with E-state index in [1.807, 2.05) is 37.3 Å². The SMILES string of the molecule is CC(CC(O)c1ccccc1)NC(=O)c1ccc(Br)cn1. The maximum Gasteiger partial charge on any atom is 0.270 e. The van der Waals surface area contributed by atoms with E-state index in [0.29, 0.717) is 12.1 Å². The van der Waals surface area contributed by atoms with Crippen LogP contribution in [0.5, 0.6) is 0 Å². The average molecular weight is 349 g/mol. The van der Waals surface area contributed by atoms with Gasteiger partial charge in [-0.05, 0) is 47.0 Å². The van der Waals surface area contributed by atoms with Gasteiger partial charge in [-0.2, -0.15) is 0 Å². The van der Waals surface area contributed by atoms with Crippen LogP contribution in [0.15, 0.2) is 53.1 Å². The minimum atomic E-state index is -0.598. The largest absolute Gasteiger partial charge is 0.388 e. The highest BCUT2D eigenvalue weighted by Gasteiger charge is 2.15. The number of aliphatic hydroxyl groups excluding tert-OH is 1. The Kier molecular flexibility index (Phi) is 5.47. The van der Waals surface area contributed by atoms with Crippen LogP contribution in [0, 0.1) is 0 Å². The Morgan fingerprint density at radius 1 is 1.29 bits per heavy atom. The molecule has 1 heterocycles. The van der Waals surface area contributed by atoms with Gasteiger partial charge < -0.3 is 10.4 Å². The smallest absolute Gasteiger partial charge is 0.270 e. The third kappa shape index (κ3) is 4.65. The van der Waals surface area contributed by atoms with Gasteiger partial charge in [-0.25, -0.2) is 4.98 Å². The summed E-state index contributed by atoms with van der Waals surface area (Å²) < 4.78 is 0.826. The number of rotatable bonds is 5. The van der Waals surface area contributed by atoms with Crippen LogP contribution >= 0.6 is 15.9 Å². The molecule has 2 atom stereocenters. The number of halogens is 1. The molecule has 1 aromatic heterocycles. The van der Waals surface area contributed by atoms with Crippen LogP contribution in [0.4, 0.5) is 0 Å². The van der Waals surface area contributed by atoms with Gasteiger partial charge in [-0.3, -0.25) is 4.79 Å². The van der Waals surface area contributed by atoms with E-state index in [-0.39, 0.29) is 11.9 Å². The predicted molar refractivity (Wildman–Crippen MR) is 84.9 cm³/mol. The molecular formula is C16H17BrN2O2. The van der Waals surface area contributed by atoms with Crippen molar-refractivity contribution in [2.75, 3.05) is 0 Å². The fourth-order valence-corrected chi connectivity index (χ4v) is 2.25. The second kappa shape index (κ2) is 7.33. The first-order valence-electron chi connectivity index (χ1n) is 6.71. The molecule has 2 rings (SSSR count). The molecule has 2 N–H and O–H groups in total. The fraction of sp³-hybridized carbons (Fsp3) is 0.250. The van der Waals surface area contributed by atoms with Crippen molar-refractivity contribution in [1.29, 1.82) is 0 Å². The first-order chi connectivity index (χ1) is 10.1. The van der Waals surface area contributed by atoms with Crippen molar-refractivity contribution in [1.82, 2.24) is 10.3 Å². The van der Waals surface area contributed by atoms with Crippen LogP contribution in [-0.2, 0) is 0 Å². The van der Waals surface area contributed by atoms with Crippen LogP contribution in [0.1, 0.15) is 35.5 Å². The molecule has 2 aromatic rings. The molecule has 0 aliphatic heterocycles. The summed E-state index contributed by atoms with van der Waals surface area (Å²) in [7, 11) is 0. The van der Waals surface area contributed by atoms with Crippen molar-refractivity contribution in [2.24, 2.45) is 0 Å². The van der Waals surface area contributed by atoms with Gasteiger partial charge in [-0.15, -0.1) is 0 Å². The Morgan fingerprint density at radius 2 is 2.00 bits per heavy atom. The molecule has 1 aromatic carbocycles. The molecule has 5 heteroatoms. The summed E-state index contributed by atoms with van der Waals surface area (Å²) in [6.07, 6.45) is 1.43. The minimum Gasteiger partial charge on any atom is -0.388 e. The van der Waals surface area contributed by atoms with E-state index in [0.717, 1.165) is 10.0 Å². The summed E-state index contributed by atoms with van der Waals surface area (Å²) in [5.41, 5.74) is 1.21. The molecule has 0 fully saturated rings. The average Bonchev–Trinajstić information content (AvgIpc) is 2.48. The van der Waals surface area contributed by atoms with E-state index in [4.69, 9.17) is 0 Å². The second-order valence-electron chi connectivity index (χ2n) is 4.90. The molecule has 4 nitrogen and oxygen atoms in total. The molecule has 1 amide bonds. The minimum absolute atomic E-state index is 0.154. The molecule has 0 radical (unpaired) electrons. The Morgan fingerprint density at radius 3 is 2.62 bits per heavy atom. The summed E-state index contributed by atoms with van der Waals surface area (Å²) in [6, 6.07) is 12.7. The quantitative estimate of drug-likeness (QED) is 0.872. The lowest BCUT2D eigenvalue weighted by Gasteiger charge is -2.18. The lowest BCUT2D eigenvalue weighted by atomic mass is 10.0. The summed E-state index contributed by atoms with van der Waals surface area (Å²) in [6.45, 7) is 1.86. The molecule has 0 bridgehead atoms. The van der Waals surface area contributed by atoms with Gasteiger partial charge in [-0.1, -0.05) is 30.3 Å². The summed E-state index contributed by atoms with van der Waals surface area (Å²) in [5, 5.41) is 13.0. The van der Waals surface area contributed by atoms with Crippen molar-refractivity contribution in [3.8, 4) is 0 Å². The highest BCUT2D eigenvalue weighted by Crippen LogP contribution is 2.17. The second-order valence-corrected chi connectivity index (χ2v) is 5.81. The van der Waals surface area contributed by atoms with E-state index in [1.165, 1.54) is 0 Å². The number of hydrogen-bond donors (Lipinski definition) is 2. The summed E-state index contributed by atoms with van der Waals surface area (Å²) in [4.78, 5) is 16.1. The number of amides is 1. The van der Waals surface area contributed by atoms with Crippen molar-refractivity contribution in [3.63, 3.8) is 0 Å². The topological polar surface area (TPSA) is 62.2 Å². The van der Waals surface area contributed by atoms with Crippen LogP contribution in [0.25, 0.3) is 0 Å². The number of hydrogen-bond acceptors (Lipinski definition) is 3. The number of carbonyl (C=O) groups excluding carboxylic acids is 1. The number of aliphatic hydroxyl groups is 1. The molecule has 0 saturated heterocycles. The molecule has 0 spiro atoms. The Bertz CT molecular complexity index is 587. The van der Waals surface area contributed by atoms with Crippen molar-refractivity contribution in [2.45, 2.75) is 25.5 Å². The monoisotopic (exact) mass is 348 g/mol. The van der Waals surface area contributed by atoms with Crippen LogP contribution in [-0.4, -0.2) is 22.0 Å². The third-order valence-corrected chi connectivity index (χ3v) is 3.57. The molecule has 21 heavy (non-hydrogen) atoms. The Hall–Kier alpha value is -1.72. The molecule has 110 valence electrons. The molecule has 0 saturated carbocycles. The number of nitrogens with one attached hydrogen (secondary N) is 1. The third-order valence-electron chi connectivity index (χ3n) is 3.10. The molecule has 0 aliphatic carbocycles. The van der Waals surface area contributed by atoms with E-state index < -0.39 is 6.10 Å². The van der Waals surface area contributed by atoms with Crippen LogP contribution in [0.3, 0.4) is 0 Å². The van der Waals surface area contributed by atoms with Gasteiger partial charge >= 0.3 is 0 Å². The summed E-state index contributed by atoms with van der Waals surface area (Å²) >= 11 is 3.28. The van der Waals surface area contributed by atoms with Crippen molar-refractivity contribution < 1.29 is 9.90 Å². The predicted octanol–water partition coefficient (Wildman–Crippen LogP) is 3.09. The lowest BCUT2D eigenvalue weighted by Crippen LogP contribution is -2.34. The zero-order valence-corrected chi connectivity index (χ0v) is 13.2. The first kappa shape index (κ1) is 15.7. The number of carbonyl (C=O) groups is 1. The Labute approximate surface area is 132 Å². The molecule has 0 aliphatic rings. The molecule has 2 unspecified atom stereocenters. The van der Waals surface area contributed by atoms with E-state index >= 15 is 0 Å². The maximum absolute atomic E-state index is 12.0. The van der Waals surface area contributed by atoms with Crippen molar-refractivity contribution >= 4 is 21.8 Å². The first-order valence-corrected chi connectivity index (χ1v) is 7.51. The van der Waals surface area contributed by atoms with Gasteiger partial charge in [0.1, 0.15) is 5.69 Å². The van der Waals surface area contributed by atoms with E-state index in [2.05, 4.69) is 26.2 Å². The zero-order valence-electron chi connectivity index (χ0n) is 11.7. The summed E-state index contributed by atoms with van der Waals surface area (Å²) in [5.74, 6) is -0.240. The maximum atomic E-state index is 12.0. The highest BCUT2D eigenvalue weighted by molar-refractivity contribution is 9.10. The van der Waals surface area contributed by atoms with E-state index in [9.17, 15) is 9.90 Å². The number of pyridine rings is 1. The lowest BCUT2D eigenvalue weighted by molar-refractivity contribution is 0.0912. The van der Waals surface area contributed by atoms with Crippen LogP contribution in [0.2, 0.25) is 0 Å². The van der Waals surface area contributed by atoms with Gasteiger partial charge in [0.25, 0.3) is 5.91 Å². The zero-order chi connectivity index (χ0) is 15.2. The number of benzene rings is 1. The normalized spacial score (nSPS) is 13.5. The van der Waals surface area contributed by atoms with Crippen molar-refractivity contribution in [3.05, 3.63) is 64.4 Å². The van der Waals surface area contributed by atoms with E-state index in [1.54, 1.807) is 18.3 Å². The van der Waals surface area contributed by atoms with Gasteiger partial charge in [0.15, 0.2) is 0 Å².